The lowest BCUT2D eigenvalue weighted by atomic mass is 9.43. The molecule has 0 heterocycles. The van der Waals surface area contributed by atoms with Crippen LogP contribution in [-0.4, -0.2) is 72.4 Å². The maximum Gasteiger partial charge on any atom is 0.328 e. The van der Waals surface area contributed by atoms with Crippen molar-refractivity contribution in [1.29, 1.82) is 0 Å². The van der Waals surface area contributed by atoms with E-state index < -0.39 is 44.1 Å². The van der Waals surface area contributed by atoms with E-state index in [0.717, 1.165) is 56.1 Å². The number of aliphatic hydroxyl groups is 2. The van der Waals surface area contributed by atoms with Crippen molar-refractivity contribution in [3.8, 4) is 0 Å². The van der Waals surface area contributed by atoms with Gasteiger partial charge >= 0.3 is 17.9 Å². The smallest absolute Gasteiger partial charge is 0.328 e. The fourth-order valence-electron chi connectivity index (χ4n) is 11.9. The van der Waals surface area contributed by atoms with Crippen LogP contribution >= 0.6 is 7.37 Å². The quantitative estimate of drug-likeness (QED) is 0.0714. The number of fused-ring (bicyclic) bond motifs is 5. The number of carbonyl (C=O) groups excluding carboxylic acids is 4. The minimum Gasteiger partial charge on any atom is -0.461 e. The molecule has 0 saturated heterocycles. The summed E-state index contributed by atoms with van der Waals surface area (Å²) < 4.78 is 34.8. The summed E-state index contributed by atoms with van der Waals surface area (Å²) in [7, 11) is -3.29. The summed E-state index contributed by atoms with van der Waals surface area (Å²) in [6, 6.07) is 18.4. The molecule has 4 fully saturated rings. The van der Waals surface area contributed by atoms with Crippen LogP contribution in [-0.2, 0) is 55.7 Å². The molecule has 0 spiro atoms. The number of ether oxygens (including phenoxy) is 3. The zero-order chi connectivity index (χ0) is 43.8. The molecule has 4 aliphatic carbocycles. The van der Waals surface area contributed by atoms with Gasteiger partial charge in [0.05, 0.1) is 24.7 Å². The maximum absolute atomic E-state index is 13.4. The Morgan fingerprint density at radius 3 is 2.18 bits per heavy atom. The number of esters is 3. The first-order chi connectivity index (χ1) is 29.1. The van der Waals surface area contributed by atoms with Gasteiger partial charge in [-0.1, -0.05) is 81.4 Å². The van der Waals surface area contributed by atoms with Crippen LogP contribution in [0, 0.1) is 52.3 Å². The summed E-state index contributed by atoms with van der Waals surface area (Å²) in [6.45, 7) is 7.45. The normalized spacial score (nSPS) is 31.2. The number of hydrogen-bond donors (Lipinski definition) is 3. The summed E-state index contributed by atoms with van der Waals surface area (Å²) in [5.74, 6) is -0.704. The van der Waals surface area contributed by atoms with E-state index in [1.807, 2.05) is 60.7 Å². The fraction of sp³-hybridized carbons (Fsp3) is 0.667. The first-order valence-electron chi connectivity index (χ1n) is 22.5. The molecule has 4 aliphatic rings. The summed E-state index contributed by atoms with van der Waals surface area (Å²) in [6.07, 6.45) is 7.99. The van der Waals surface area contributed by atoms with E-state index in [4.69, 9.17) is 18.7 Å². The lowest BCUT2D eigenvalue weighted by Crippen LogP contribution is -2.58. The third kappa shape index (κ3) is 11.7. The van der Waals surface area contributed by atoms with Crippen molar-refractivity contribution in [3.05, 3.63) is 71.8 Å². The van der Waals surface area contributed by atoms with Crippen LogP contribution < -0.4 is 5.32 Å². The van der Waals surface area contributed by atoms with Crippen LogP contribution in [0.15, 0.2) is 60.7 Å². The second kappa shape index (κ2) is 20.7. The molecule has 4 saturated carbocycles. The molecule has 13 heteroatoms. The van der Waals surface area contributed by atoms with E-state index in [-0.39, 0.29) is 73.9 Å². The highest BCUT2D eigenvalue weighted by Crippen LogP contribution is 2.68. The van der Waals surface area contributed by atoms with Crippen molar-refractivity contribution < 1.29 is 52.7 Å². The molecule has 6 unspecified atom stereocenters. The van der Waals surface area contributed by atoms with Crippen LogP contribution in [0.2, 0.25) is 0 Å². The summed E-state index contributed by atoms with van der Waals surface area (Å²) in [5.41, 5.74) is 1.60. The Kier molecular flexibility index (Phi) is 16.0. The molecule has 0 aromatic heterocycles. The minimum atomic E-state index is -3.29. The topological polar surface area (TPSA) is 175 Å². The van der Waals surface area contributed by atoms with Crippen molar-refractivity contribution in [3.63, 3.8) is 0 Å². The van der Waals surface area contributed by atoms with Crippen LogP contribution in [0.4, 0.5) is 0 Å². The van der Waals surface area contributed by atoms with Crippen LogP contribution in [0.1, 0.15) is 109 Å². The van der Waals surface area contributed by atoms with Gasteiger partial charge in [0, 0.05) is 25.7 Å². The lowest BCUT2D eigenvalue weighted by Gasteiger charge is -2.62. The fourth-order valence-corrected chi connectivity index (χ4v) is 13.6. The zero-order valence-electron chi connectivity index (χ0n) is 36.5. The van der Waals surface area contributed by atoms with Gasteiger partial charge in [-0.05, 0) is 122 Å². The van der Waals surface area contributed by atoms with Gasteiger partial charge in [0.15, 0.2) is 0 Å². The molecule has 61 heavy (non-hydrogen) atoms. The van der Waals surface area contributed by atoms with E-state index in [1.165, 1.54) is 13.1 Å². The van der Waals surface area contributed by atoms with Crippen molar-refractivity contribution in [2.24, 2.45) is 52.3 Å². The predicted molar refractivity (Wildman–Crippen MR) is 230 cm³/mol. The standard InChI is InChI=1S/C48H68NO11P/c1-32(39-19-20-40-38-18-17-36-25-37(50)23-24-47(36,2)41(38)26-42(51)48(39,40)3)15-21-43(52)49-27-45(54)59-31-58-44(53)22-16-35(46(55)57-28-33-11-7-5-8-12-33)30-61(4,56)60-29-34-13-9-6-10-14-34/h5-14,32,35-42,50-51H,15-31H2,1-4H3,(H,49,52)/t32-,35?,36-,37-,38?,39?,40?,41?,42+,47+,48-,61?/m1/s1. The molecular weight excluding hydrogens is 797 g/mol. The Morgan fingerprint density at radius 1 is 0.803 bits per heavy atom. The average Bonchev–Trinajstić information content (AvgIpc) is 3.62. The number of aliphatic hydroxyl groups excluding tert-OH is 2. The number of amides is 1. The van der Waals surface area contributed by atoms with Crippen molar-refractivity contribution in [2.45, 2.75) is 123 Å². The molecule has 0 radical (unpaired) electrons. The number of rotatable bonds is 19. The summed E-state index contributed by atoms with van der Waals surface area (Å²) in [5, 5.41) is 24.9. The van der Waals surface area contributed by atoms with E-state index in [0.29, 0.717) is 36.0 Å². The van der Waals surface area contributed by atoms with E-state index >= 15 is 0 Å². The van der Waals surface area contributed by atoms with Crippen LogP contribution in [0.5, 0.6) is 0 Å². The molecule has 1 amide bonds. The third-order valence-electron chi connectivity index (χ3n) is 15.4. The highest BCUT2D eigenvalue weighted by atomic mass is 31.2. The molecule has 2 aromatic rings. The SMILES string of the molecule is C[C@H](CCC(=O)NCC(=O)OCOC(=O)CCC(CP(C)(=O)OCc1ccccc1)C(=O)OCc1ccccc1)C1CCC2C3CC[C@@H]4C[C@H](O)CC[C@]4(C)C3C[C@H](O)[C@@]21C. The van der Waals surface area contributed by atoms with Crippen molar-refractivity contribution in [1.82, 2.24) is 5.32 Å². The molecule has 2 aromatic carbocycles. The van der Waals surface area contributed by atoms with Crippen LogP contribution in [0.25, 0.3) is 0 Å². The van der Waals surface area contributed by atoms with Crippen molar-refractivity contribution in [2.75, 3.05) is 26.2 Å². The first-order valence-corrected chi connectivity index (χ1v) is 24.7. The maximum atomic E-state index is 13.4. The lowest BCUT2D eigenvalue weighted by molar-refractivity contribution is -0.175. The zero-order valence-corrected chi connectivity index (χ0v) is 37.4. The highest BCUT2D eigenvalue weighted by Gasteiger charge is 2.63. The average molecular weight is 866 g/mol. The number of carbonyl (C=O) groups is 4. The van der Waals surface area contributed by atoms with E-state index in [9.17, 15) is 34.0 Å². The Morgan fingerprint density at radius 2 is 1.48 bits per heavy atom. The van der Waals surface area contributed by atoms with Gasteiger partial charge in [-0.2, -0.15) is 0 Å². The molecular formula is C48H68NO11P. The Labute approximate surface area is 361 Å². The second-order valence-corrected chi connectivity index (χ2v) is 21.8. The molecule has 0 aliphatic heterocycles. The Balaban J connectivity index is 0.903. The molecule has 0 bridgehead atoms. The van der Waals surface area contributed by atoms with Gasteiger partial charge in [0.25, 0.3) is 0 Å². The molecule has 336 valence electrons. The molecule has 3 N–H and O–H groups in total. The van der Waals surface area contributed by atoms with E-state index in [1.54, 1.807) is 0 Å². The van der Waals surface area contributed by atoms with Gasteiger partial charge in [-0.25, -0.2) is 0 Å². The van der Waals surface area contributed by atoms with Crippen molar-refractivity contribution >= 4 is 31.2 Å². The number of hydrogen-bond acceptors (Lipinski definition) is 11. The molecule has 12 atom stereocenters. The monoisotopic (exact) mass is 865 g/mol. The van der Waals surface area contributed by atoms with Gasteiger partial charge < -0.3 is 34.3 Å². The van der Waals surface area contributed by atoms with Gasteiger partial charge in [-0.15, -0.1) is 0 Å². The molecule has 6 rings (SSSR count). The van der Waals surface area contributed by atoms with Crippen LogP contribution in [0.3, 0.4) is 0 Å². The minimum absolute atomic E-state index is 0.0180. The Hall–Kier alpha value is -3.57. The molecule has 12 nitrogen and oxygen atoms in total. The second-order valence-electron chi connectivity index (χ2n) is 19.1. The number of nitrogens with one attached hydrogen (secondary N) is 1. The van der Waals surface area contributed by atoms with Gasteiger partial charge in [0.1, 0.15) is 13.2 Å². The third-order valence-corrected chi connectivity index (χ3v) is 17.1. The van der Waals surface area contributed by atoms with Gasteiger partial charge in [-0.3, -0.25) is 23.7 Å². The predicted octanol–water partition coefficient (Wildman–Crippen LogP) is 7.82. The first kappa shape index (κ1) is 46.9. The number of benzene rings is 2. The largest absolute Gasteiger partial charge is 0.461 e. The summed E-state index contributed by atoms with van der Waals surface area (Å²) in [4.78, 5) is 51.1. The van der Waals surface area contributed by atoms with E-state index in [2.05, 4.69) is 26.1 Å². The Bertz CT molecular complexity index is 1840. The highest BCUT2D eigenvalue weighted by molar-refractivity contribution is 7.58. The summed E-state index contributed by atoms with van der Waals surface area (Å²) >= 11 is 0. The van der Waals surface area contributed by atoms with Gasteiger partial charge in [0.2, 0.25) is 20.1 Å².